The lowest BCUT2D eigenvalue weighted by Crippen LogP contribution is -2.03. The molecule has 0 aliphatic heterocycles. The van der Waals surface area contributed by atoms with E-state index in [1.165, 1.54) is 26.9 Å². The molecule has 13 aromatic rings. The lowest BCUT2D eigenvalue weighted by atomic mass is 9.97. The van der Waals surface area contributed by atoms with Crippen LogP contribution in [0.4, 0.5) is 0 Å². The molecule has 0 unspecified atom stereocenters. The fourth-order valence-electron chi connectivity index (χ4n) is 9.22. The van der Waals surface area contributed by atoms with Gasteiger partial charge in [0.2, 0.25) is 5.95 Å². The van der Waals surface area contributed by atoms with Crippen molar-refractivity contribution in [3.05, 3.63) is 164 Å². The molecule has 5 heteroatoms. The van der Waals surface area contributed by atoms with E-state index < -0.39 is 0 Å². The summed E-state index contributed by atoms with van der Waals surface area (Å²) in [5.41, 5.74) is 8.01. The number of benzene rings is 9. The zero-order valence-corrected chi connectivity index (χ0v) is 29.2. The molecule has 0 saturated carbocycles. The van der Waals surface area contributed by atoms with Crippen molar-refractivity contribution in [3.8, 4) is 17.2 Å². The van der Waals surface area contributed by atoms with Gasteiger partial charge in [-0.05, 0) is 68.7 Å². The van der Waals surface area contributed by atoms with Crippen LogP contribution in [-0.2, 0) is 0 Å². The van der Waals surface area contributed by atoms with Gasteiger partial charge in [-0.25, -0.2) is 9.97 Å². The van der Waals surface area contributed by atoms with Gasteiger partial charge in [0.1, 0.15) is 22.3 Å². The van der Waals surface area contributed by atoms with E-state index in [2.05, 4.69) is 156 Å². The zero-order chi connectivity index (χ0) is 35.8. The first-order valence-electron chi connectivity index (χ1n) is 18.6. The van der Waals surface area contributed by atoms with Crippen molar-refractivity contribution < 1.29 is 8.83 Å². The Hall–Kier alpha value is -7.50. The van der Waals surface area contributed by atoms with Crippen LogP contribution < -0.4 is 0 Å². The molecule has 5 nitrogen and oxygen atoms in total. The standard InChI is InChI=1S/C50H27N3O2/c1-3-13-31-29(12-1)23-26-41-43(31)37-24-21-30(27-42(37)54-41)47-35-17-7-9-19-38(35)51-50(52-47)53-39-25-22-28-11-2-4-14-32(28)45(39)46-34-16-6-5-15-33(34)44-36-18-8-10-20-40(36)55-49(44)48(46)53/h1-27H. The molecule has 13 rings (SSSR count). The van der Waals surface area contributed by atoms with E-state index in [0.717, 1.165) is 93.2 Å². The highest BCUT2D eigenvalue weighted by Gasteiger charge is 2.26. The molecular formula is C50H27N3O2. The summed E-state index contributed by atoms with van der Waals surface area (Å²) >= 11 is 0. The van der Waals surface area contributed by atoms with E-state index in [1.54, 1.807) is 0 Å². The number of hydrogen-bond donors (Lipinski definition) is 0. The third kappa shape index (κ3) is 3.86. The Bertz CT molecular complexity index is 3790. The summed E-state index contributed by atoms with van der Waals surface area (Å²) < 4.78 is 15.7. The average molecular weight is 702 g/mol. The summed E-state index contributed by atoms with van der Waals surface area (Å²) in [7, 11) is 0. The average Bonchev–Trinajstić information content (AvgIpc) is 3.93. The maximum absolute atomic E-state index is 6.90. The maximum atomic E-state index is 6.90. The molecule has 4 heterocycles. The lowest BCUT2D eigenvalue weighted by Gasteiger charge is -2.12. The number of hydrogen-bond acceptors (Lipinski definition) is 4. The molecule has 55 heavy (non-hydrogen) atoms. The van der Waals surface area contributed by atoms with E-state index in [0.29, 0.717) is 5.95 Å². The highest BCUT2D eigenvalue weighted by Crippen LogP contribution is 2.47. The largest absolute Gasteiger partial charge is 0.456 e. The fourth-order valence-corrected chi connectivity index (χ4v) is 9.22. The van der Waals surface area contributed by atoms with Gasteiger partial charge in [0.05, 0.1) is 16.7 Å². The molecule has 4 aromatic heterocycles. The Morgan fingerprint density at radius 1 is 0.400 bits per heavy atom. The molecule has 0 spiro atoms. The quantitative estimate of drug-likeness (QED) is 0.180. The maximum Gasteiger partial charge on any atom is 0.235 e. The van der Waals surface area contributed by atoms with Crippen LogP contribution in [0.15, 0.2) is 173 Å². The number of para-hydroxylation sites is 2. The smallest absolute Gasteiger partial charge is 0.235 e. The van der Waals surface area contributed by atoms with E-state index in [4.69, 9.17) is 18.8 Å². The number of fused-ring (bicyclic) bond motifs is 18. The van der Waals surface area contributed by atoms with Crippen LogP contribution >= 0.6 is 0 Å². The molecule has 0 aliphatic carbocycles. The third-order valence-electron chi connectivity index (χ3n) is 11.6. The van der Waals surface area contributed by atoms with Crippen molar-refractivity contribution in [1.82, 2.24) is 14.5 Å². The Labute approximate surface area is 312 Å². The normalized spacial score (nSPS) is 12.4. The number of aromatic nitrogens is 3. The summed E-state index contributed by atoms with van der Waals surface area (Å²) in [6.45, 7) is 0. The zero-order valence-electron chi connectivity index (χ0n) is 29.2. The van der Waals surface area contributed by atoms with E-state index in [-0.39, 0.29) is 0 Å². The van der Waals surface area contributed by atoms with Gasteiger partial charge in [-0.15, -0.1) is 0 Å². The van der Waals surface area contributed by atoms with Gasteiger partial charge in [-0.2, -0.15) is 0 Å². The summed E-state index contributed by atoms with van der Waals surface area (Å²) in [5.74, 6) is 0.580. The fraction of sp³-hybridized carbons (Fsp3) is 0. The van der Waals surface area contributed by atoms with Gasteiger partial charge in [0, 0.05) is 43.3 Å². The number of furan rings is 2. The summed E-state index contributed by atoms with van der Waals surface area (Å²) in [4.78, 5) is 10.9. The summed E-state index contributed by atoms with van der Waals surface area (Å²) in [5, 5.41) is 14.7. The van der Waals surface area contributed by atoms with E-state index in [1.807, 2.05) is 12.1 Å². The van der Waals surface area contributed by atoms with Crippen LogP contribution in [0.5, 0.6) is 0 Å². The molecule has 254 valence electrons. The van der Waals surface area contributed by atoms with Gasteiger partial charge >= 0.3 is 0 Å². The Morgan fingerprint density at radius 3 is 1.85 bits per heavy atom. The molecule has 9 aromatic carbocycles. The van der Waals surface area contributed by atoms with Gasteiger partial charge in [0.15, 0.2) is 5.58 Å². The molecule has 0 N–H and O–H groups in total. The molecule has 0 amide bonds. The van der Waals surface area contributed by atoms with Crippen LogP contribution in [0.1, 0.15) is 0 Å². The van der Waals surface area contributed by atoms with Crippen molar-refractivity contribution in [3.63, 3.8) is 0 Å². The SMILES string of the molecule is c1ccc2c(c1)ccc1oc3cc(-c4nc(-n5c6ccc7ccccc7c6c6c7ccccc7c7c8ccccc8oc7c65)nc5ccccc45)ccc3c12. The Morgan fingerprint density at radius 2 is 1.04 bits per heavy atom. The molecule has 0 atom stereocenters. The van der Waals surface area contributed by atoms with E-state index >= 15 is 0 Å². The molecule has 0 saturated heterocycles. The van der Waals surface area contributed by atoms with Crippen molar-refractivity contribution >= 4 is 109 Å². The van der Waals surface area contributed by atoms with Gasteiger partial charge in [0.25, 0.3) is 0 Å². The van der Waals surface area contributed by atoms with Crippen LogP contribution in [0.3, 0.4) is 0 Å². The number of rotatable bonds is 2. The Kier molecular flexibility index (Phi) is 5.57. The molecule has 0 fully saturated rings. The van der Waals surface area contributed by atoms with E-state index in [9.17, 15) is 0 Å². The second-order valence-corrected chi connectivity index (χ2v) is 14.4. The lowest BCUT2D eigenvalue weighted by molar-refractivity contribution is 0.669. The predicted octanol–water partition coefficient (Wildman–Crippen LogP) is 13.7. The van der Waals surface area contributed by atoms with Crippen molar-refractivity contribution in [2.45, 2.75) is 0 Å². The highest BCUT2D eigenvalue weighted by atomic mass is 16.3. The first-order valence-corrected chi connectivity index (χ1v) is 18.6. The first-order chi connectivity index (χ1) is 27.3. The van der Waals surface area contributed by atoms with Crippen LogP contribution in [0.25, 0.3) is 126 Å². The molecule has 0 aliphatic rings. The summed E-state index contributed by atoms with van der Waals surface area (Å²) in [6.07, 6.45) is 0. The third-order valence-corrected chi connectivity index (χ3v) is 11.6. The van der Waals surface area contributed by atoms with Crippen molar-refractivity contribution in [2.75, 3.05) is 0 Å². The number of nitrogens with zero attached hydrogens (tertiary/aromatic N) is 3. The second-order valence-electron chi connectivity index (χ2n) is 14.4. The van der Waals surface area contributed by atoms with Crippen LogP contribution in [0.2, 0.25) is 0 Å². The minimum absolute atomic E-state index is 0.580. The van der Waals surface area contributed by atoms with Gasteiger partial charge in [-0.3, -0.25) is 4.57 Å². The van der Waals surface area contributed by atoms with Crippen molar-refractivity contribution in [2.24, 2.45) is 0 Å². The Balaban J connectivity index is 1.18. The first kappa shape index (κ1) is 29.0. The minimum Gasteiger partial charge on any atom is -0.456 e. The van der Waals surface area contributed by atoms with Crippen molar-refractivity contribution in [1.29, 1.82) is 0 Å². The topological polar surface area (TPSA) is 57.0 Å². The summed E-state index contributed by atoms with van der Waals surface area (Å²) in [6, 6.07) is 57.5. The predicted molar refractivity (Wildman–Crippen MR) is 226 cm³/mol. The monoisotopic (exact) mass is 701 g/mol. The minimum atomic E-state index is 0.580. The molecule has 0 bridgehead atoms. The second kappa shape index (κ2) is 10.6. The van der Waals surface area contributed by atoms with Gasteiger partial charge in [-0.1, -0.05) is 127 Å². The van der Waals surface area contributed by atoms with Crippen LogP contribution in [-0.4, -0.2) is 14.5 Å². The van der Waals surface area contributed by atoms with Gasteiger partial charge < -0.3 is 8.83 Å². The molecular weight excluding hydrogens is 675 g/mol. The highest BCUT2D eigenvalue weighted by molar-refractivity contribution is 6.37. The molecule has 0 radical (unpaired) electrons. The van der Waals surface area contributed by atoms with Crippen LogP contribution in [0, 0.1) is 0 Å².